The van der Waals surface area contributed by atoms with Crippen LogP contribution in [-0.4, -0.2) is 60.5 Å². The number of rotatable bonds is 5. The molecule has 2 aromatic rings. The zero-order valence-electron chi connectivity index (χ0n) is 17.3. The van der Waals surface area contributed by atoms with Gasteiger partial charge in [-0.05, 0) is 42.0 Å². The number of hydrogen-bond acceptors (Lipinski definition) is 5. The van der Waals surface area contributed by atoms with Crippen LogP contribution >= 0.6 is 11.3 Å². The standard InChI is InChI=1S/C22H27N3O4S/c1-16(2)15-29-22(28)25-10-5-9-24(11-12-25)21(27)17-6-3-7-18(14-17)23-20(26)19-8-4-13-30-19/h3-4,6-8,13-14,16H,5,9-12,15H2,1-2H3,(H,23,26). The van der Waals surface area contributed by atoms with Crippen LogP contribution in [-0.2, 0) is 4.74 Å². The van der Waals surface area contributed by atoms with Crippen LogP contribution in [0.25, 0.3) is 0 Å². The second-order valence-corrected chi connectivity index (χ2v) is 8.56. The summed E-state index contributed by atoms with van der Waals surface area (Å²) in [7, 11) is 0. The highest BCUT2D eigenvalue weighted by Gasteiger charge is 2.24. The minimum Gasteiger partial charge on any atom is -0.449 e. The van der Waals surface area contributed by atoms with Crippen molar-refractivity contribution in [3.63, 3.8) is 0 Å². The molecule has 0 aliphatic carbocycles. The van der Waals surface area contributed by atoms with Crippen LogP contribution in [0.4, 0.5) is 10.5 Å². The third-order valence-electron chi connectivity index (χ3n) is 4.69. The Balaban J connectivity index is 1.60. The van der Waals surface area contributed by atoms with Crippen molar-refractivity contribution in [2.24, 2.45) is 5.92 Å². The topological polar surface area (TPSA) is 79.0 Å². The number of carbonyl (C=O) groups is 3. The lowest BCUT2D eigenvalue weighted by atomic mass is 10.1. The van der Waals surface area contributed by atoms with Crippen LogP contribution in [0.15, 0.2) is 41.8 Å². The van der Waals surface area contributed by atoms with E-state index in [-0.39, 0.29) is 23.8 Å². The second-order valence-electron chi connectivity index (χ2n) is 7.62. The lowest BCUT2D eigenvalue weighted by molar-refractivity contribution is 0.0746. The van der Waals surface area contributed by atoms with E-state index in [1.807, 2.05) is 25.3 Å². The van der Waals surface area contributed by atoms with Crippen LogP contribution < -0.4 is 5.32 Å². The van der Waals surface area contributed by atoms with Crippen molar-refractivity contribution in [2.75, 3.05) is 38.1 Å². The Bertz CT molecular complexity index is 882. The first kappa shape index (κ1) is 21.8. The Labute approximate surface area is 180 Å². The van der Waals surface area contributed by atoms with Crippen LogP contribution in [0.5, 0.6) is 0 Å². The predicted octanol–water partition coefficient (Wildman–Crippen LogP) is 3.94. The Morgan fingerprint density at radius 1 is 1.07 bits per heavy atom. The fourth-order valence-corrected chi connectivity index (χ4v) is 3.76. The van der Waals surface area contributed by atoms with Gasteiger partial charge in [0.05, 0.1) is 11.5 Å². The number of nitrogens with one attached hydrogen (secondary N) is 1. The fourth-order valence-electron chi connectivity index (χ4n) is 3.15. The molecular weight excluding hydrogens is 402 g/mol. The van der Waals surface area contributed by atoms with E-state index >= 15 is 0 Å². The average molecular weight is 430 g/mol. The van der Waals surface area contributed by atoms with E-state index < -0.39 is 0 Å². The van der Waals surface area contributed by atoms with Crippen molar-refractivity contribution in [3.05, 3.63) is 52.2 Å². The zero-order chi connectivity index (χ0) is 21.5. The van der Waals surface area contributed by atoms with Crippen molar-refractivity contribution >= 4 is 34.9 Å². The summed E-state index contributed by atoms with van der Waals surface area (Å²) in [4.78, 5) is 41.5. The minimum atomic E-state index is -0.323. The van der Waals surface area contributed by atoms with E-state index in [0.717, 1.165) is 0 Å². The van der Waals surface area contributed by atoms with Gasteiger partial charge in [0.2, 0.25) is 0 Å². The zero-order valence-corrected chi connectivity index (χ0v) is 18.1. The number of carbonyl (C=O) groups excluding carboxylic acids is 3. The predicted molar refractivity (Wildman–Crippen MR) is 117 cm³/mol. The monoisotopic (exact) mass is 429 g/mol. The molecule has 2 heterocycles. The number of ether oxygens (including phenoxy) is 1. The molecule has 3 rings (SSSR count). The molecule has 1 saturated heterocycles. The quantitative estimate of drug-likeness (QED) is 0.781. The summed E-state index contributed by atoms with van der Waals surface area (Å²) in [5, 5.41) is 4.67. The van der Waals surface area contributed by atoms with Gasteiger partial charge in [-0.25, -0.2) is 4.79 Å². The summed E-state index contributed by atoms with van der Waals surface area (Å²) in [6, 6.07) is 10.5. The number of thiophene rings is 1. The van der Waals surface area contributed by atoms with Crippen LogP contribution in [0.3, 0.4) is 0 Å². The van der Waals surface area contributed by atoms with Crippen LogP contribution in [0.2, 0.25) is 0 Å². The van der Waals surface area contributed by atoms with Gasteiger partial charge in [-0.1, -0.05) is 26.0 Å². The summed E-state index contributed by atoms with van der Waals surface area (Å²) in [5.74, 6) is -0.0221. The number of amides is 3. The molecule has 0 spiro atoms. The molecule has 1 N–H and O–H groups in total. The van der Waals surface area contributed by atoms with E-state index in [1.54, 1.807) is 40.1 Å². The number of benzene rings is 1. The SMILES string of the molecule is CC(C)COC(=O)N1CCCN(C(=O)c2cccc(NC(=O)c3cccs3)c2)CC1. The van der Waals surface area contributed by atoms with Crippen molar-refractivity contribution < 1.29 is 19.1 Å². The van der Waals surface area contributed by atoms with Gasteiger partial charge in [-0.3, -0.25) is 9.59 Å². The molecule has 0 bridgehead atoms. The highest BCUT2D eigenvalue weighted by Crippen LogP contribution is 2.17. The van der Waals surface area contributed by atoms with Crippen molar-refractivity contribution in [3.8, 4) is 0 Å². The molecule has 0 atom stereocenters. The highest BCUT2D eigenvalue weighted by molar-refractivity contribution is 7.12. The summed E-state index contributed by atoms with van der Waals surface area (Å²) >= 11 is 1.36. The van der Waals surface area contributed by atoms with Gasteiger partial charge in [0.15, 0.2) is 0 Å². The molecule has 1 aliphatic heterocycles. The molecule has 1 aromatic heterocycles. The summed E-state index contributed by atoms with van der Waals surface area (Å²) in [5.41, 5.74) is 1.09. The molecule has 7 nitrogen and oxygen atoms in total. The lowest BCUT2D eigenvalue weighted by Crippen LogP contribution is -2.38. The normalized spacial score (nSPS) is 14.4. The fraction of sp³-hybridized carbons (Fsp3) is 0.409. The molecule has 0 unspecified atom stereocenters. The number of hydrogen-bond donors (Lipinski definition) is 1. The highest BCUT2D eigenvalue weighted by atomic mass is 32.1. The first-order valence-electron chi connectivity index (χ1n) is 10.1. The minimum absolute atomic E-state index is 0.111. The molecule has 1 fully saturated rings. The molecule has 3 amide bonds. The molecule has 8 heteroatoms. The largest absolute Gasteiger partial charge is 0.449 e. The summed E-state index contributed by atoms with van der Waals surface area (Å²) in [6.07, 6.45) is 0.369. The van der Waals surface area contributed by atoms with Crippen LogP contribution in [0.1, 0.15) is 40.3 Å². The van der Waals surface area contributed by atoms with Crippen molar-refractivity contribution in [1.82, 2.24) is 9.80 Å². The van der Waals surface area contributed by atoms with E-state index in [0.29, 0.717) is 55.3 Å². The average Bonchev–Trinajstić information content (AvgIpc) is 3.16. The molecule has 30 heavy (non-hydrogen) atoms. The van der Waals surface area contributed by atoms with Gasteiger partial charge >= 0.3 is 6.09 Å². The third kappa shape index (κ3) is 5.82. The van der Waals surface area contributed by atoms with Gasteiger partial charge in [0, 0.05) is 37.4 Å². The smallest absolute Gasteiger partial charge is 0.409 e. The van der Waals surface area contributed by atoms with Crippen molar-refractivity contribution in [2.45, 2.75) is 20.3 Å². The Morgan fingerprint density at radius 2 is 1.83 bits per heavy atom. The Morgan fingerprint density at radius 3 is 2.57 bits per heavy atom. The van der Waals surface area contributed by atoms with Gasteiger partial charge in [0.1, 0.15) is 0 Å². The Kier molecular flexibility index (Phi) is 7.46. The second kappa shape index (κ2) is 10.2. The van der Waals surface area contributed by atoms with E-state index in [4.69, 9.17) is 4.74 Å². The Hall–Kier alpha value is -2.87. The maximum Gasteiger partial charge on any atom is 0.409 e. The molecule has 0 radical (unpaired) electrons. The summed E-state index contributed by atoms with van der Waals surface area (Å²) < 4.78 is 5.31. The van der Waals surface area contributed by atoms with E-state index in [1.165, 1.54) is 11.3 Å². The molecule has 160 valence electrons. The van der Waals surface area contributed by atoms with Gasteiger partial charge < -0.3 is 19.9 Å². The first-order valence-corrected chi connectivity index (χ1v) is 11.0. The molecular formula is C22H27N3O4S. The summed E-state index contributed by atoms with van der Waals surface area (Å²) in [6.45, 7) is 6.40. The van der Waals surface area contributed by atoms with E-state index in [2.05, 4.69) is 5.32 Å². The maximum absolute atomic E-state index is 13.0. The van der Waals surface area contributed by atoms with Gasteiger partial charge in [-0.15, -0.1) is 11.3 Å². The number of nitrogens with zero attached hydrogens (tertiary/aromatic N) is 2. The van der Waals surface area contributed by atoms with Crippen molar-refractivity contribution in [1.29, 1.82) is 0 Å². The van der Waals surface area contributed by atoms with Gasteiger partial charge in [-0.2, -0.15) is 0 Å². The van der Waals surface area contributed by atoms with E-state index in [9.17, 15) is 14.4 Å². The molecule has 0 saturated carbocycles. The maximum atomic E-state index is 13.0. The lowest BCUT2D eigenvalue weighted by Gasteiger charge is -2.22. The third-order valence-corrected chi connectivity index (χ3v) is 5.56. The van der Waals surface area contributed by atoms with Gasteiger partial charge in [0.25, 0.3) is 11.8 Å². The molecule has 1 aromatic carbocycles. The number of anilines is 1. The first-order chi connectivity index (χ1) is 14.4. The molecule has 1 aliphatic rings. The van der Waals surface area contributed by atoms with Crippen LogP contribution in [0, 0.1) is 5.92 Å².